The molecular formula is C17H15BrN2O. The van der Waals surface area contributed by atoms with Crippen LogP contribution < -0.4 is 10.5 Å². The Hall–Kier alpha value is -1.91. The third kappa shape index (κ3) is 2.77. The average Bonchev–Trinajstić information content (AvgIpc) is 2.53. The Bertz CT molecular complexity index is 789. The SMILES string of the molecule is COc1ccc(C(N)c2cnc3ccccc3c2)cc1Br. The molecule has 0 spiro atoms. The Kier molecular flexibility index (Phi) is 3.90. The molecule has 2 N–H and O–H groups in total. The minimum atomic E-state index is -0.218. The van der Waals surface area contributed by atoms with E-state index in [9.17, 15) is 0 Å². The Labute approximate surface area is 131 Å². The lowest BCUT2D eigenvalue weighted by Crippen LogP contribution is -2.12. The number of ether oxygens (including phenoxy) is 1. The monoisotopic (exact) mass is 342 g/mol. The number of aromatic nitrogens is 1. The van der Waals surface area contributed by atoms with Crippen molar-refractivity contribution in [3.63, 3.8) is 0 Å². The molecule has 0 aliphatic heterocycles. The summed E-state index contributed by atoms with van der Waals surface area (Å²) in [4.78, 5) is 4.47. The van der Waals surface area contributed by atoms with E-state index in [0.717, 1.165) is 32.3 Å². The molecule has 0 amide bonds. The number of pyridine rings is 1. The molecule has 1 atom stereocenters. The van der Waals surface area contributed by atoms with Crippen molar-refractivity contribution in [2.24, 2.45) is 5.73 Å². The number of halogens is 1. The van der Waals surface area contributed by atoms with E-state index in [1.165, 1.54) is 0 Å². The Morgan fingerprint density at radius 2 is 1.90 bits per heavy atom. The van der Waals surface area contributed by atoms with E-state index in [-0.39, 0.29) is 6.04 Å². The van der Waals surface area contributed by atoms with Gasteiger partial charge in [0.1, 0.15) is 5.75 Å². The maximum absolute atomic E-state index is 6.37. The number of benzene rings is 2. The second-order valence-electron chi connectivity index (χ2n) is 4.83. The quantitative estimate of drug-likeness (QED) is 0.780. The van der Waals surface area contributed by atoms with Crippen molar-refractivity contribution in [1.29, 1.82) is 0 Å². The first-order valence-corrected chi connectivity index (χ1v) is 7.42. The molecule has 21 heavy (non-hydrogen) atoms. The fourth-order valence-corrected chi connectivity index (χ4v) is 2.89. The van der Waals surface area contributed by atoms with Crippen LogP contribution in [0, 0.1) is 0 Å². The van der Waals surface area contributed by atoms with Crippen LogP contribution >= 0.6 is 15.9 Å². The lowest BCUT2D eigenvalue weighted by atomic mass is 10.00. The van der Waals surface area contributed by atoms with E-state index in [2.05, 4.69) is 27.0 Å². The van der Waals surface area contributed by atoms with Gasteiger partial charge in [0.05, 0.1) is 23.1 Å². The molecule has 1 aromatic heterocycles. The lowest BCUT2D eigenvalue weighted by Gasteiger charge is -2.14. The highest BCUT2D eigenvalue weighted by Gasteiger charge is 2.12. The molecule has 1 heterocycles. The molecule has 3 aromatic rings. The van der Waals surface area contributed by atoms with Gasteiger partial charge in [-0.05, 0) is 51.3 Å². The zero-order valence-corrected chi connectivity index (χ0v) is 13.2. The molecule has 0 saturated heterocycles. The smallest absolute Gasteiger partial charge is 0.133 e. The van der Waals surface area contributed by atoms with Gasteiger partial charge < -0.3 is 10.5 Å². The van der Waals surface area contributed by atoms with Gasteiger partial charge in [0, 0.05) is 11.6 Å². The standard InChI is InChI=1S/C17H15BrN2O/c1-21-16-7-6-12(9-14(16)18)17(19)13-8-11-4-2-3-5-15(11)20-10-13/h2-10,17H,19H2,1H3. The lowest BCUT2D eigenvalue weighted by molar-refractivity contribution is 0.412. The van der Waals surface area contributed by atoms with Gasteiger partial charge >= 0.3 is 0 Å². The van der Waals surface area contributed by atoms with Gasteiger partial charge in [0.25, 0.3) is 0 Å². The van der Waals surface area contributed by atoms with Crippen LogP contribution in [0.2, 0.25) is 0 Å². The minimum Gasteiger partial charge on any atom is -0.496 e. The van der Waals surface area contributed by atoms with Crippen molar-refractivity contribution in [2.75, 3.05) is 7.11 Å². The van der Waals surface area contributed by atoms with Gasteiger partial charge in [-0.3, -0.25) is 4.98 Å². The third-order valence-corrected chi connectivity index (χ3v) is 4.13. The summed E-state index contributed by atoms with van der Waals surface area (Å²) >= 11 is 3.49. The number of rotatable bonds is 3. The fraction of sp³-hybridized carbons (Fsp3) is 0.118. The molecule has 2 aromatic carbocycles. The molecule has 0 fully saturated rings. The number of hydrogen-bond donors (Lipinski definition) is 1. The highest BCUT2D eigenvalue weighted by atomic mass is 79.9. The number of fused-ring (bicyclic) bond motifs is 1. The van der Waals surface area contributed by atoms with E-state index < -0.39 is 0 Å². The fourth-order valence-electron chi connectivity index (χ4n) is 2.33. The minimum absolute atomic E-state index is 0.218. The molecule has 0 bridgehead atoms. The van der Waals surface area contributed by atoms with Crippen LogP contribution in [-0.4, -0.2) is 12.1 Å². The van der Waals surface area contributed by atoms with Crippen LogP contribution in [0.3, 0.4) is 0 Å². The number of nitrogens with zero attached hydrogens (tertiary/aromatic N) is 1. The van der Waals surface area contributed by atoms with Crippen molar-refractivity contribution in [1.82, 2.24) is 4.98 Å². The maximum atomic E-state index is 6.37. The summed E-state index contributed by atoms with van der Waals surface area (Å²) in [6, 6.07) is 15.8. The van der Waals surface area contributed by atoms with Crippen LogP contribution in [0.5, 0.6) is 5.75 Å². The normalized spacial score (nSPS) is 12.3. The predicted molar refractivity (Wildman–Crippen MR) is 88.5 cm³/mol. The number of para-hydroxylation sites is 1. The summed E-state index contributed by atoms with van der Waals surface area (Å²) in [5.41, 5.74) is 9.35. The molecule has 1 unspecified atom stereocenters. The molecule has 3 rings (SSSR count). The number of hydrogen-bond acceptors (Lipinski definition) is 3. The first-order chi connectivity index (χ1) is 10.2. The van der Waals surface area contributed by atoms with E-state index >= 15 is 0 Å². The zero-order valence-electron chi connectivity index (χ0n) is 11.6. The summed E-state index contributed by atoms with van der Waals surface area (Å²) < 4.78 is 6.14. The Morgan fingerprint density at radius 3 is 2.67 bits per heavy atom. The maximum Gasteiger partial charge on any atom is 0.133 e. The Morgan fingerprint density at radius 1 is 1.10 bits per heavy atom. The summed E-state index contributed by atoms with van der Waals surface area (Å²) in [5.74, 6) is 0.794. The van der Waals surface area contributed by atoms with Gasteiger partial charge in [-0.15, -0.1) is 0 Å². The van der Waals surface area contributed by atoms with Gasteiger partial charge in [-0.25, -0.2) is 0 Å². The molecule has 0 aliphatic carbocycles. The van der Waals surface area contributed by atoms with Gasteiger partial charge in [-0.2, -0.15) is 0 Å². The van der Waals surface area contributed by atoms with E-state index in [1.54, 1.807) is 7.11 Å². The molecule has 4 heteroatoms. The molecular weight excluding hydrogens is 328 g/mol. The molecule has 0 radical (unpaired) electrons. The van der Waals surface area contributed by atoms with Crippen molar-refractivity contribution in [2.45, 2.75) is 6.04 Å². The van der Waals surface area contributed by atoms with Crippen LogP contribution in [-0.2, 0) is 0 Å². The molecule has 106 valence electrons. The van der Waals surface area contributed by atoms with Crippen LogP contribution in [0.25, 0.3) is 10.9 Å². The number of methoxy groups -OCH3 is 1. The van der Waals surface area contributed by atoms with E-state index in [1.807, 2.05) is 48.7 Å². The number of nitrogens with two attached hydrogens (primary N) is 1. The van der Waals surface area contributed by atoms with Crippen molar-refractivity contribution in [3.8, 4) is 5.75 Å². The highest BCUT2D eigenvalue weighted by molar-refractivity contribution is 9.10. The van der Waals surface area contributed by atoms with Gasteiger partial charge in [0.15, 0.2) is 0 Å². The summed E-state index contributed by atoms with van der Waals surface area (Å²) in [7, 11) is 1.65. The van der Waals surface area contributed by atoms with Crippen LogP contribution in [0.4, 0.5) is 0 Å². The first kappa shape index (κ1) is 14.0. The average molecular weight is 343 g/mol. The highest BCUT2D eigenvalue weighted by Crippen LogP contribution is 2.30. The molecule has 0 saturated carbocycles. The summed E-state index contributed by atoms with van der Waals surface area (Å²) in [6.07, 6.45) is 1.84. The van der Waals surface area contributed by atoms with Crippen molar-refractivity contribution in [3.05, 3.63) is 70.3 Å². The van der Waals surface area contributed by atoms with Crippen LogP contribution in [0.15, 0.2) is 59.2 Å². The van der Waals surface area contributed by atoms with E-state index in [4.69, 9.17) is 10.5 Å². The third-order valence-electron chi connectivity index (χ3n) is 3.51. The molecule has 0 aliphatic rings. The first-order valence-electron chi connectivity index (χ1n) is 6.63. The second-order valence-corrected chi connectivity index (χ2v) is 5.69. The summed E-state index contributed by atoms with van der Waals surface area (Å²) in [6.45, 7) is 0. The zero-order chi connectivity index (χ0) is 14.8. The summed E-state index contributed by atoms with van der Waals surface area (Å²) in [5, 5.41) is 1.10. The van der Waals surface area contributed by atoms with E-state index in [0.29, 0.717) is 0 Å². The predicted octanol–water partition coefficient (Wildman–Crippen LogP) is 4.05. The van der Waals surface area contributed by atoms with Gasteiger partial charge in [-0.1, -0.05) is 24.3 Å². The van der Waals surface area contributed by atoms with Gasteiger partial charge in [0.2, 0.25) is 0 Å². The van der Waals surface area contributed by atoms with Crippen molar-refractivity contribution >= 4 is 26.8 Å². The second kappa shape index (κ2) is 5.84. The largest absolute Gasteiger partial charge is 0.496 e. The molecule has 3 nitrogen and oxygen atoms in total. The van der Waals surface area contributed by atoms with Crippen LogP contribution in [0.1, 0.15) is 17.2 Å². The Balaban J connectivity index is 1.99. The van der Waals surface area contributed by atoms with Crippen molar-refractivity contribution < 1.29 is 4.74 Å². The topological polar surface area (TPSA) is 48.1 Å².